The van der Waals surface area contributed by atoms with Crippen LogP contribution in [0.1, 0.15) is 60.3 Å². The van der Waals surface area contributed by atoms with Gasteiger partial charge in [-0.1, -0.05) is 34.9 Å². The Hall–Kier alpha value is -1.38. The molecule has 0 aliphatic carbocycles. The molecule has 0 aromatic heterocycles. The van der Waals surface area contributed by atoms with E-state index in [1.165, 1.54) is 19.4 Å². The standard InChI is InChI=1S/C33H56O15/c1-16(9-7-11-18(3)14-34)8-6-10-17(2)12-13-43-33-30(48-32-28(42)26(40)23(37)20(5)45-32)29(24(38)21(15-35)46-33)47-31-27(41)25(39)22(36)19(4)44-31/h8,11-12,19-42H,6-7,9-10,13-15H2,1-5H3/b16-8+,17-12+,18-11+/t19-,20-,21+,22-,23-,24+,25+,26+,27+,28+,29-,30+,31-,32-,33+/m0/s1. The normalized spacial score (nSPS) is 41.9. The molecule has 0 saturated carbocycles. The van der Waals surface area contributed by atoms with Gasteiger partial charge in [-0.2, -0.15) is 0 Å². The molecule has 0 unspecified atom stereocenters. The van der Waals surface area contributed by atoms with Gasteiger partial charge >= 0.3 is 0 Å². The van der Waals surface area contributed by atoms with E-state index in [9.17, 15) is 40.9 Å². The zero-order valence-corrected chi connectivity index (χ0v) is 28.3. The number of hydrogen-bond donors (Lipinski definition) is 9. The Morgan fingerprint density at radius 3 is 1.54 bits per heavy atom. The molecule has 0 spiro atoms. The van der Waals surface area contributed by atoms with E-state index in [4.69, 9.17) is 33.5 Å². The van der Waals surface area contributed by atoms with Crippen LogP contribution in [0.15, 0.2) is 34.9 Å². The zero-order chi connectivity index (χ0) is 35.7. The van der Waals surface area contributed by atoms with E-state index in [0.717, 1.165) is 36.8 Å². The Bertz CT molecular complexity index is 1070. The second-order valence-electron chi connectivity index (χ2n) is 13.0. The van der Waals surface area contributed by atoms with E-state index in [1.807, 2.05) is 26.0 Å². The molecule has 15 atom stereocenters. The van der Waals surface area contributed by atoms with E-state index in [-0.39, 0.29) is 13.2 Å². The minimum absolute atomic E-state index is 0.00155. The molecule has 3 heterocycles. The van der Waals surface area contributed by atoms with Crippen LogP contribution in [0.2, 0.25) is 0 Å². The van der Waals surface area contributed by atoms with Crippen LogP contribution in [-0.2, 0) is 28.4 Å². The van der Waals surface area contributed by atoms with E-state index in [0.29, 0.717) is 0 Å². The molecule has 3 rings (SSSR count). The Balaban J connectivity index is 1.77. The lowest BCUT2D eigenvalue weighted by Gasteiger charge is -2.48. The highest BCUT2D eigenvalue weighted by Gasteiger charge is 2.53. The van der Waals surface area contributed by atoms with Crippen molar-refractivity contribution in [2.75, 3.05) is 19.8 Å². The van der Waals surface area contributed by atoms with Gasteiger partial charge < -0.3 is 74.4 Å². The molecule has 0 bridgehead atoms. The first-order chi connectivity index (χ1) is 22.7. The van der Waals surface area contributed by atoms with Crippen LogP contribution in [0.3, 0.4) is 0 Å². The van der Waals surface area contributed by atoms with Crippen LogP contribution in [0.4, 0.5) is 0 Å². The van der Waals surface area contributed by atoms with Gasteiger partial charge in [0.15, 0.2) is 18.9 Å². The van der Waals surface area contributed by atoms with Crippen molar-refractivity contribution in [2.24, 2.45) is 0 Å². The highest BCUT2D eigenvalue weighted by Crippen LogP contribution is 2.33. The van der Waals surface area contributed by atoms with Crippen molar-refractivity contribution in [3.8, 4) is 0 Å². The number of aliphatic hydroxyl groups is 9. The summed E-state index contributed by atoms with van der Waals surface area (Å²) in [6, 6.07) is 0. The molecule has 3 saturated heterocycles. The van der Waals surface area contributed by atoms with Gasteiger partial charge in [0, 0.05) is 0 Å². The monoisotopic (exact) mass is 692 g/mol. The van der Waals surface area contributed by atoms with Gasteiger partial charge in [-0.05, 0) is 60.3 Å². The van der Waals surface area contributed by atoms with Crippen molar-refractivity contribution in [3.05, 3.63) is 34.9 Å². The van der Waals surface area contributed by atoms with Crippen molar-refractivity contribution >= 4 is 0 Å². The van der Waals surface area contributed by atoms with Crippen LogP contribution >= 0.6 is 0 Å². The Morgan fingerprint density at radius 1 is 0.562 bits per heavy atom. The number of ether oxygens (including phenoxy) is 6. The van der Waals surface area contributed by atoms with Crippen LogP contribution in [0.25, 0.3) is 0 Å². The Kier molecular flexibility index (Phi) is 16.5. The fraction of sp³-hybridized carbons (Fsp3) is 0.818. The van der Waals surface area contributed by atoms with Gasteiger partial charge in [-0.15, -0.1) is 0 Å². The second kappa shape index (κ2) is 19.3. The number of rotatable bonds is 15. The summed E-state index contributed by atoms with van der Waals surface area (Å²) in [5.74, 6) is 0. The number of allylic oxidation sites excluding steroid dienone is 4. The van der Waals surface area contributed by atoms with Crippen molar-refractivity contribution < 1.29 is 74.4 Å². The first-order valence-corrected chi connectivity index (χ1v) is 16.5. The average molecular weight is 693 g/mol. The van der Waals surface area contributed by atoms with Crippen molar-refractivity contribution in [1.82, 2.24) is 0 Å². The molecule has 278 valence electrons. The van der Waals surface area contributed by atoms with Crippen LogP contribution in [-0.4, -0.2) is 158 Å². The van der Waals surface area contributed by atoms with E-state index >= 15 is 0 Å². The van der Waals surface area contributed by atoms with Crippen LogP contribution in [0, 0.1) is 0 Å². The van der Waals surface area contributed by atoms with Crippen LogP contribution < -0.4 is 0 Å². The molecule has 9 N–H and O–H groups in total. The predicted molar refractivity (Wildman–Crippen MR) is 169 cm³/mol. The largest absolute Gasteiger partial charge is 0.394 e. The summed E-state index contributed by atoms with van der Waals surface area (Å²) in [5, 5.41) is 92.6. The molecular weight excluding hydrogens is 636 g/mol. The molecule has 0 radical (unpaired) electrons. The van der Waals surface area contributed by atoms with E-state index < -0.39 is 98.7 Å². The topological polar surface area (TPSA) is 237 Å². The van der Waals surface area contributed by atoms with Gasteiger partial charge in [0.05, 0.1) is 32.0 Å². The average Bonchev–Trinajstić information content (AvgIpc) is 3.06. The van der Waals surface area contributed by atoms with Gasteiger partial charge in [0.25, 0.3) is 0 Å². The molecule has 15 heteroatoms. The first kappa shape index (κ1) is 41.0. The Morgan fingerprint density at radius 2 is 1.04 bits per heavy atom. The fourth-order valence-electron chi connectivity index (χ4n) is 5.68. The maximum Gasteiger partial charge on any atom is 0.187 e. The summed E-state index contributed by atoms with van der Waals surface area (Å²) in [4.78, 5) is 0. The molecule has 15 nitrogen and oxygen atoms in total. The smallest absolute Gasteiger partial charge is 0.187 e. The van der Waals surface area contributed by atoms with Crippen molar-refractivity contribution in [1.29, 1.82) is 0 Å². The summed E-state index contributed by atoms with van der Waals surface area (Å²) >= 11 is 0. The molecule has 3 aliphatic rings. The van der Waals surface area contributed by atoms with E-state index in [1.54, 1.807) is 0 Å². The number of aliphatic hydroxyl groups excluding tert-OH is 9. The molecule has 0 aromatic rings. The number of hydrogen-bond acceptors (Lipinski definition) is 15. The summed E-state index contributed by atoms with van der Waals surface area (Å²) in [6.45, 7) is 8.19. The minimum atomic E-state index is -1.74. The molecule has 3 fully saturated rings. The third-order valence-electron chi connectivity index (χ3n) is 9.00. The highest BCUT2D eigenvalue weighted by atomic mass is 16.8. The Labute approximate surface area is 281 Å². The predicted octanol–water partition coefficient (Wildman–Crippen LogP) is -1.10. The van der Waals surface area contributed by atoms with E-state index in [2.05, 4.69) is 13.0 Å². The maximum atomic E-state index is 11.2. The molecular formula is C33H56O15. The zero-order valence-electron chi connectivity index (χ0n) is 28.3. The van der Waals surface area contributed by atoms with Gasteiger partial charge in [0.2, 0.25) is 0 Å². The SMILES string of the molecule is C/C(=C\CC/C(C)=C/CC/C(C)=C/CO[C@@H]1O[C@H](CO)[C@@H](O)[C@H](O[C@@H]2O[C@@H](C)[C@H](O)[C@@H](O)[C@H]2O)[C@H]1O[C@@H]1O[C@@H](C)[C@H](O)[C@@H](O)[C@H]1O)CO. The summed E-state index contributed by atoms with van der Waals surface area (Å²) in [6.07, 6.45) is -12.5. The highest BCUT2D eigenvalue weighted by molar-refractivity contribution is 5.06. The molecule has 0 amide bonds. The molecule has 0 aromatic carbocycles. The third-order valence-corrected chi connectivity index (χ3v) is 9.00. The van der Waals surface area contributed by atoms with Gasteiger partial charge in [-0.3, -0.25) is 0 Å². The quantitative estimate of drug-likeness (QED) is 0.0926. The maximum absolute atomic E-state index is 11.2. The lowest BCUT2D eigenvalue weighted by molar-refractivity contribution is -0.388. The molecule has 3 aliphatic heterocycles. The lowest BCUT2D eigenvalue weighted by Crippen LogP contribution is -2.66. The summed E-state index contributed by atoms with van der Waals surface area (Å²) < 4.78 is 35.0. The lowest BCUT2D eigenvalue weighted by atomic mass is 9.96. The first-order valence-electron chi connectivity index (χ1n) is 16.5. The summed E-state index contributed by atoms with van der Waals surface area (Å²) in [7, 11) is 0. The minimum Gasteiger partial charge on any atom is -0.394 e. The summed E-state index contributed by atoms with van der Waals surface area (Å²) in [5.41, 5.74) is 3.18. The van der Waals surface area contributed by atoms with Gasteiger partial charge in [-0.25, -0.2) is 0 Å². The van der Waals surface area contributed by atoms with Crippen LogP contribution in [0.5, 0.6) is 0 Å². The third kappa shape index (κ3) is 10.8. The molecule has 48 heavy (non-hydrogen) atoms. The van der Waals surface area contributed by atoms with Crippen molar-refractivity contribution in [2.45, 2.75) is 152 Å². The van der Waals surface area contributed by atoms with Crippen molar-refractivity contribution in [3.63, 3.8) is 0 Å². The second-order valence-corrected chi connectivity index (χ2v) is 13.0. The fourth-order valence-corrected chi connectivity index (χ4v) is 5.68. The van der Waals surface area contributed by atoms with Gasteiger partial charge in [0.1, 0.15) is 61.0 Å².